The van der Waals surface area contributed by atoms with Crippen molar-refractivity contribution in [2.75, 3.05) is 4.90 Å². The van der Waals surface area contributed by atoms with Gasteiger partial charge in [-0.25, -0.2) is 0 Å². The van der Waals surface area contributed by atoms with E-state index in [1.54, 1.807) is 0 Å². The first-order valence-corrected chi connectivity index (χ1v) is 23.5. The van der Waals surface area contributed by atoms with Crippen molar-refractivity contribution in [1.82, 2.24) is 4.57 Å². The molecule has 0 bridgehead atoms. The van der Waals surface area contributed by atoms with Crippen LogP contribution in [-0.2, 0) is 5.41 Å². The highest BCUT2D eigenvalue weighted by Gasteiger charge is 2.40. The van der Waals surface area contributed by atoms with Crippen LogP contribution in [-0.4, -0.2) is 10.6 Å². The van der Waals surface area contributed by atoms with E-state index < -0.39 is 5.41 Å². The lowest BCUT2D eigenvalue weighted by Gasteiger charge is -2.45. The summed E-state index contributed by atoms with van der Waals surface area (Å²) in [5.74, 6) is 0. The Morgan fingerprint density at radius 3 is 1.99 bits per heavy atom. The molecule has 68 heavy (non-hydrogen) atoms. The fourth-order valence-corrected chi connectivity index (χ4v) is 11.0. The van der Waals surface area contributed by atoms with E-state index in [4.69, 9.17) is 4.42 Å². The second-order valence-electron chi connectivity index (χ2n) is 18.2. The third kappa shape index (κ3) is 6.42. The SMILES string of the molecule is CC1(c2ccc3c(c2)c2ccccc2n3-c2ccccc2)C=CC=CC1N(c1cccc(-c2ccc3c(c2)oc2ccccc23)c1)c1ccccc1-c1cccc2cccc(-c3ccccc3)c12. The van der Waals surface area contributed by atoms with Gasteiger partial charge in [0.05, 0.1) is 17.1 Å². The number of allylic oxidation sites excluding steroid dienone is 2. The molecule has 1 aliphatic carbocycles. The Morgan fingerprint density at radius 1 is 0.456 bits per heavy atom. The van der Waals surface area contributed by atoms with Crippen LogP contribution < -0.4 is 4.90 Å². The molecule has 0 radical (unpaired) electrons. The number of para-hydroxylation sites is 4. The molecule has 13 rings (SSSR count). The molecule has 1 aliphatic rings. The zero-order valence-corrected chi connectivity index (χ0v) is 37.6. The Labute approximate surface area is 395 Å². The molecule has 0 saturated carbocycles. The molecule has 2 aromatic heterocycles. The Kier molecular flexibility index (Phi) is 9.36. The standard InChI is InChI=1S/C65H46N2O/c1-65(48-37-39-60-57(43-48)53-28-9-11-32-58(53)66(60)49-24-6-3-7-25-49)40-15-14-35-63(65)67(50-26-16-23-46(41-50)47-36-38-55-54-29-10-13-34-61(54)68-62(55)42-47)59-33-12-8-27-52(59)56-31-18-22-45-21-17-30-51(64(45)56)44-19-4-2-5-20-44/h2-43,63H,1H3. The zero-order chi connectivity index (χ0) is 45.2. The average molecular weight is 871 g/mol. The van der Waals surface area contributed by atoms with Crippen molar-refractivity contribution in [3.8, 4) is 39.1 Å². The molecule has 3 nitrogen and oxygen atoms in total. The predicted octanol–water partition coefficient (Wildman–Crippen LogP) is 17.4. The minimum Gasteiger partial charge on any atom is -0.456 e. The van der Waals surface area contributed by atoms with E-state index in [1.807, 2.05) is 12.1 Å². The van der Waals surface area contributed by atoms with Gasteiger partial charge in [0.2, 0.25) is 0 Å². The van der Waals surface area contributed by atoms with Gasteiger partial charge < -0.3 is 13.9 Å². The first-order chi connectivity index (χ1) is 33.6. The summed E-state index contributed by atoms with van der Waals surface area (Å²) in [6, 6.07) is 83.8. The van der Waals surface area contributed by atoms with Crippen molar-refractivity contribution in [2.24, 2.45) is 0 Å². The maximum absolute atomic E-state index is 6.43. The van der Waals surface area contributed by atoms with Crippen LogP contribution in [0.4, 0.5) is 11.4 Å². The number of rotatable bonds is 8. The second kappa shape index (κ2) is 16.0. The summed E-state index contributed by atoms with van der Waals surface area (Å²) >= 11 is 0. The number of aromatic nitrogens is 1. The highest BCUT2D eigenvalue weighted by atomic mass is 16.3. The lowest BCUT2D eigenvalue weighted by atomic mass is 9.72. The smallest absolute Gasteiger partial charge is 0.136 e. The van der Waals surface area contributed by atoms with Gasteiger partial charge >= 0.3 is 0 Å². The first-order valence-electron chi connectivity index (χ1n) is 23.5. The summed E-state index contributed by atoms with van der Waals surface area (Å²) in [6.45, 7) is 2.41. The van der Waals surface area contributed by atoms with Gasteiger partial charge in [-0.15, -0.1) is 0 Å². The van der Waals surface area contributed by atoms with Crippen molar-refractivity contribution in [3.05, 3.63) is 260 Å². The van der Waals surface area contributed by atoms with Crippen LogP contribution in [0.5, 0.6) is 0 Å². The minimum atomic E-state index is -0.469. The van der Waals surface area contributed by atoms with E-state index in [2.05, 4.69) is 259 Å². The molecule has 0 fully saturated rings. The van der Waals surface area contributed by atoms with Crippen LogP contribution in [0.15, 0.2) is 259 Å². The molecule has 10 aromatic carbocycles. The summed E-state index contributed by atoms with van der Waals surface area (Å²) in [7, 11) is 0. The van der Waals surface area contributed by atoms with Crippen molar-refractivity contribution in [1.29, 1.82) is 0 Å². The minimum absolute atomic E-state index is 0.134. The lowest BCUT2D eigenvalue weighted by Crippen LogP contribution is -2.46. The number of hydrogen-bond acceptors (Lipinski definition) is 2. The quantitative estimate of drug-likeness (QED) is 0.152. The molecule has 0 N–H and O–H groups in total. The van der Waals surface area contributed by atoms with E-state index in [9.17, 15) is 0 Å². The van der Waals surface area contributed by atoms with Gasteiger partial charge in [0.15, 0.2) is 0 Å². The number of hydrogen-bond donors (Lipinski definition) is 0. The van der Waals surface area contributed by atoms with Gasteiger partial charge in [-0.05, 0) is 118 Å². The average Bonchev–Trinajstić information content (AvgIpc) is 3.95. The third-order valence-corrected chi connectivity index (χ3v) is 14.3. The highest BCUT2D eigenvalue weighted by molar-refractivity contribution is 6.11. The molecule has 0 spiro atoms. The van der Waals surface area contributed by atoms with E-state index in [1.165, 1.54) is 60.4 Å². The highest BCUT2D eigenvalue weighted by Crippen LogP contribution is 2.48. The first kappa shape index (κ1) is 39.7. The molecule has 3 heteroatoms. The topological polar surface area (TPSA) is 21.3 Å². The van der Waals surface area contributed by atoms with Gasteiger partial charge in [0, 0.05) is 49.6 Å². The van der Waals surface area contributed by atoms with Gasteiger partial charge in [-0.1, -0.05) is 188 Å². The van der Waals surface area contributed by atoms with Crippen molar-refractivity contribution < 1.29 is 4.42 Å². The summed E-state index contributed by atoms with van der Waals surface area (Å²) < 4.78 is 8.83. The molecule has 2 atom stereocenters. The van der Waals surface area contributed by atoms with Crippen LogP contribution in [0.2, 0.25) is 0 Å². The molecule has 0 amide bonds. The van der Waals surface area contributed by atoms with Crippen molar-refractivity contribution >= 4 is 65.9 Å². The van der Waals surface area contributed by atoms with E-state index in [-0.39, 0.29) is 6.04 Å². The Bertz CT molecular complexity index is 3940. The third-order valence-electron chi connectivity index (χ3n) is 14.3. The van der Waals surface area contributed by atoms with Crippen LogP contribution in [0.3, 0.4) is 0 Å². The van der Waals surface area contributed by atoms with Gasteiger partial charge in [-0.3, -0.25) is 0 Å². The fourth-order valence-electron chi connectivity index (χ4n) is 11.0. The summed E-state index contributed by atoms with van der Waals surface area (Å²) in [5.41, 5.74) is 15.4. The molecule has 2 heterocycles. The van der Waals surface area contributed by atoms with Crippen LogP contribution >= 0.6 is 0 Å². The summed E-state index contributed by atoms with van der Waals surface area (Å²) in [6.07, 6.45) is 9.27. The molecule has 12 aromatic rings. The Balaban J connectivity index is 1.03. The van der Waals surface area contributed by atoms with E-state index in [0.717, 1.165) is 50.1 Å². The molecule has 322 valence electrons. The van der Waals surface area contributed by atoms with E-state index >= 15 is 0 Å². The number of anilines is 2. The van der Waals surface area contributed by atoms with Gasteiger partial charge in [-0.2, -0.15) is 0 Å². The largest absolute Gasteiger partial charge is 0.456 e. The van der Waals surface area contributed by atoms with Crippen molar-refractivity contribution in [2.45, 2.75) is 18.4 Å². The molecule has 0 aliphatic heterocycles. The summed E-state index contributed by atoms with van der Waals surface area (Å²) in [5, 5.41) is 7.19. The summed E-state index contributed by atoms with van der Waals surface area (Å²) in [4.78, 5) is 2.60. The molecular weight excluding hydrogens is 825 g/mol. The second-order valence-corrected chi connectivity index (χ2v) is 18.2. The number of nitrogens with zero attached hydrogens (tertiary/aromatic N) is 2. The Morgan fingerprint density at radius 2 is 1.12 bits per heavy atom. The zero-order valence-electron chi connectivity index (χ0n) is 37.6. The normalized spacial score (nSPS) is 15.8. The molecule has 0 saturated heterocycles. The van der Waals surface area contributed by atoms with Gasteiger partial charge in [0.1, 0.15) is 11.2 Å². The number of benzene rings is 10. The van der Waals surface area contributed by atoms with E-state index in [0.29, 0.717) is 0 Å². The number of furan rings is 1. The van der Waals surface area contributed by atoms with Crippen LogP contribution in [0.25, 0.3) is 93.6 Å². The maximum atomic E-state index is 6.43. The number of fused-ring (bicyclic) bond motifs is 7. The van der Waals surface area contributed by atoms with Crippen LogP contribution in [0, 0.1) is 0 Å². The lowest BCUT2D eigenvalue weighted by molar-refractivity contribution is 0.512. The van der Waals surface area contributed by atoms with Gasteiger partial charge in [0.25, 0.3) is 0 Å². The fraction of sp³-hybridized carbons (Fsp3) is 0.0462. The molecular formula is C65H46N2O. The maximum Gasteiger partial charge on any atom is 0.136 e. The monoisotopic (exact) mass is 870 g/mol. The predicted molar refractivity (Wildman–Crippen MR) is 286 cm³/mol. The molecule has 2 unspecified atom stereocenters. The van der Waals surface area contributed by atoms with Crippen molar-refractivity contribution in [3.63, 3.8) is 0 Å². The Hall–Kier alpha value is -8.66. The van der Waals surface area contributed by atoms with Crippen LogP contribution in [0.1, 0.15) is 12.5 Å².